The van der Waals surface area contributed by atoms with E-state index in [0.29, 0.717) is 0 Å². The Morgan fingerprint density at radius 2 is 1.50 bits per heavy atom. The van der Waals surface area contributed by atoms with Crippen LogP contribution in [0.3, 0.4) is 0 Å². The fourth-order valence-electron chi connectivity index (χ4n) is 2.94. The fourth-order valence-corrected chi connectivity index (χ4v) is 3.96. The van der Waals surface area contributed by atoms with Crippen LogP contribution in [-0.2, 0) is 9.47 Å². The lowest BCUT2D eigenvalue weighted by molar-refractivity contribution is -0.157. The summed E-state index contributed by atoms with van der Waals surface area (Å²) in [6.07, 6.45) is -0.0556. The van der Waals surface area contributed by atoms with Gasteiger partial charge < -0.3 is 9.47 Å². The van der Waals surface area contributed by atoms with E-state index >= 15 is 0 Å². The molecule has 2 atom stereocenters. The molecule has 0 aromatic heterocycles. The number of hydrogen-bond donors (Lipinski definition) is 0. The Morgan fingerprint density at radius 3 is 2.14 bits per heavy atom. The molecule has 0 amide bonds. The van der Waals surface area contributed by atoms with E-state index < -0.39 is 5.79 Å². The Morgan fingerprint density at radius 1 is 0.909 bits per heavy atom. The smallest absolute Gasteiger partial charge is 0.164 e. The Hall–Kier alpha value is -1.29. The highest BCUT2D eigenvalue weighted by Gasteiger charge is 2.50. The predicted molar refractivity (Wildman–Crippen MR) is 91.0 cm³/mol. The number of thioether (sulfide) groups is 1. The van der Waals surface area contributed by atoms with Gasteiger partial charge in [0.25, 0.3) is 0 Å². The van der Waals surface area contributed by atoms with Crippen LogP contribution in [0.1, 0.15) is 32.4 Å². The quantitative estimate of drug-likeness (QED) is 0.735. The van der Waals surface area contributed by atoms with Crippen LogP contribution >= 0.6 is 11.8 Å². The average Bonchev–Trinajstić information content (AvgIpc) is 2.77. The second kappa shape index (κ2) is 6.07. The van der Waals surface area contributed by atoms with Crippen LogP contribution in [-0.4, -0.2) is 17.1 Å². The molecule has 0 spiro atoms. The molecule has 0 unspecified atom stereocenters. The van der Waals surface area contributed by atoms with E-state index in [1.54, 1.807) is 0 Å². The molecule has 1 aliphatic heterocycles. The summed E-state index contributed by atoms with van der Waals surface area (Å²) in [4.78, 5) is 1.25. The highest BCUT2D eigenvalue weighted by atomic mass is 32.2. The van der Waals surface area contributed by atoms with Crippen LogP contribution in [0.5, 0.6) is 0 Å². The Balaban J connectivity index is 1.82. The van der Waals surface area contributed by atoms with E-state index in [9.17, 15) is 0 Å². The van der Waals surface area contributed by atoms with Crippen molar-refractivity contribution in [3.63, 3.8) is 0 Å². The molecule has 0 saturated carbocycles. The van der Waals surface area contributed by atoms with Gasteiger partial charge in [-0.2, -0.15) is 0 Å². The molecule has 2 nitrogen and oxygen atoms in total. The molecule has 0 bridgehead atoms. The standard InChI is InChI=1S/C19H22O2S/c1-18(2)20-17(15-10-6-4-7-11-15)19(3,21-18)14-22-16-12-8-5-9-13-16/h4-13,17H,14H2,1-3H3/t17-,19-/m0/s1. The molecule has 0 N–H and O–H groups in total. The van der Waals surface area contributed by atoms with Crippen LogP contribution in [0.2, 0.25) is 0 Å². The monoisotopic (exact) mass is 314 g/mol. The fraction of sp³-hybridized carbons (Fsp3) is 0.368. The van der Waals surface area contributed by atoms with Gasteiger partial charge in [-0.25, -0.2) is 0 Å². The van der Waals surface area contributed by atoms with E-state index in [2.05, 4.69) is 55.5 Å². The van der Waals surface area contributed by atoms with Crippen molar-refractivity contribution in [2.45, 2.75) is 43.2 Å². The van der Waals surface area contributed by atoms with E-state index in [1.165, 1.54) is 10.5 Å². The van der Waals surface area contributed by atoms with Gasteiger partial charge in [-0.15, -0.1) is 11.8 Å². The first-order chi connectivity index (χ1) is 10.5. The van der Waals surface area contributed by atoms with Crippen LogP contribution in [0.4, 0.5) is 0 Å². The second-order valence-corrected chi connectivity index (χ2v) is 7.37. The van der Waals surface area contributed by atoms with Gasteiger partial charge >= 0.3 is 0 Å². The minimum absolute atomic E-state index is 0.0556. The summed E-state index contributed by atoms with van der Waals surface area (Å²) in [6, 6.07) is 20.8. The normalized spacial score (nSPS) is 27.0. The van der Waals surface area contributed by atoms with E-state index in [-0.39, 0.29) is 11.7 Å². The van der Waals surface area contributed by atoms with Crippen molar-refractivity contribution in [3.8, 4) is 0 Å². The maximum atomic E-state index is 6.28. The number of benzene rings is 2. The third-order valence-electron chi connectivity index (χ3n) is 3.81. The highest BCUT2D eigenvalue weighted by Crippen LogP contribution is 2.47. The predicted octanol–water partition coefficient (Wildman–Crippen LogP) is 5.06. The molecule has 1 heterocycles. The molecule has 2 aromatic rings. The Bertz CT molecular complexity index is 612. The van der Waals surface area contributed by atoms with E-state index in [4.69, 9.17) is 9.47 Å². The van der Waals surface area contributed by atoms with Crippen molar-refractivity contribution >= 4 is 11.8 Å². The molecule has 1 fully saturated rings. The van der Waals surface area contributed by atoms with E-state index in [0.717, 1.165) is 5.75 Å². The minimum Gasteiger partial charge on any atom is -0.340 e. The Kier molecular flexibility index (Phi) is 4.31. The third kappa shape index (κ3) is 3.37. The SMILES string of the molecule is CC1(C)O[C@@H](c2ccccc2)[C@](C)(CSc2ccccc2)O1. The zero-order valence-corrected chi connectivity index (χ0v) is 14.1. The molecule has 3 rings (SSSR count). The first-order valence-corrected chi connectivity index (χ1v) is 8.58. The van der Waals surface area contributed by atoms with Crippen molar-refractivity contribution in [1.29, 1.82) is 0 Å². The van der Waals surface area contributed by atoms with Crippen molar-refractivity contribution in [3.05, 3.63) is 66.2 Å². The van der Waals surface area contributed by atoms with Gasteiger partial charge in [0.1, 0.15) is 11.7 Å². The van der Waals surface area contributed by atoms with Gasteiger partial charge in [-0.3, -0.25) is 0 Å². The lowest BCUT2D eigenvalue weighted by Crippen LogP contribution is -2.35. The topological polar surface area (TPSA) is 18.5 Å². The maximum absolute atomic E-state index is 6.28. The molecular formula is C19H22O2S. The third-order valence-corrected chi connectivity index (χ3v) is 5.13. The number of hydrogen-bond acceptors (Lipinski definition) is 3. The van der Waals surface area contributed by atoms with Crippen molar-refractivity contribution in [2.24, 2.45) is 0 Å². The van der Waals surface area contributed by atoms with Gasteiger partial charge in [0.05, 0.1) is 0 Å². The highest BCUT2D eigenvalue weighted by molar-refractivity contribution is 7.99. The molecule has 1 saturated heterocycles. The van der Waals surface area contributed by atoms with Crippen molar-refractivity contribution in [1.82, 2.24) is 0 Å². The summed E-state index contributed by atoms with van der Waals surface area (Å²) in [7, 11) is 0. The van der Waals surface area contributed by atoms with Crippen molar-refractivity contribution < 1.29 is 9.47 Å². The van der Waals surface area contributed by atoms with Gasteiger partial charge in [0.15, 0.2) is 5.79 Å². The Labute approximate surface area is 136 Å². The van der Waals surface area contributed by atoms with E-state index in [1.807, 2.05) is 37.7 Å². The summed E-state index contributed by atoms with van der Waals surface area (Å²) >= 11 is 1.81. The zero-order valence-electron chi connectivity index (χ0n) is 13.3. The molecule has 22 heavy (non-hydrogen) atoms. The number of ether oxygens (including phenoxy) is 2. The molecule has 2 aromatic carbocycles. The minimum atomic E-state index is -0.563. The first kappa shape index (κ1) is 15.6. The zero-order chi connectivity index (χ0) is 15.6. The van der Waals surface area contributed by atoms with Crippen LogP contribution in [0.25, 0.3) is 0 Å². The molecule has 116 valence electrons. The average molecular weight is 314 g/mol. The van der Waals surface area contributed by atoms with Gasteiger partial charge in [0.2, 0.25) is 0 Å². The lowest BCUT2D eigenvalue weighted by atomic mass is 9.95. The molecule has 3 heteroatoms. The largest absolute Gasteiger partial charge is 0.340 e. The van der Waals surface area contributed by atoms with Crippen LogP contribution in [0.15, 0.2) is 65.6 Å². The summed E-state index contributed by atoms with van der Waals surface area (Å²) in [6.45, 7) is 6.12. The number of rotatable bonds is 4. The molecule has 1 aliphatic rings. The summed E-state index contributed by atoms with van der Waals surface area (Å²) in [5.41, 5.74) is 0.815. The lowest BCUT2D eigenvalue weighted by Gasteiger charge is -2.29. The second-order valence-electron chi connectivity index (χ2n) is 6.32. The van der Waals surface area contributed by atoms with Crippen molar-refractivity contribution in [2.75, 3.05) is 5.75 Å². The van der Waals surface area contributed by atoms with Crippen LogP contribution < -0.4 is 0 Å². The summed E-state index contributed by atoms with van der Waals surface area (Å²) in [5.74, 6) is 0.284. The maximum Gasteiger partial charge on any atom is 0.164 e. The summed E-state index contributed by atoms with van der Waals surface area (Å²) < 4.78 is 12.5. The summed E-state index contributed by atoms with van der Waals surface area (Å²) in [5, 5.41) is 0. The molecule has 0 radical (unpaired) electrons. The molecule has 0 aliphatic carbocycles. The van der Waals surface area contributed by atoms with Crippen LogP contribution in [0, 0.1) is 0 Å². The van der Waals surface area contributed by atoms with Gasteiger partial charge in [-0.05, 0) is 38.5 Å². The van der Waals surface area contributed by atoms with Gasteiger partial charge in [0, 0.05) is 10.6 Å². The molecular weight excluding hydrogens is 292 g/mol. The van der Waals surface area contributed by atoms with Gasteiger partial charge in [-0.1, -0.05) is 48.5 Å². The first-order valence-electron chi connectivity index (χ1n) is 7.59.